The highest BCUT2D eigenvalue weighted by Crippen LogP contribution is 2.41. The molecule has 2 nitrogen and oxygen atoms in total. The van der Waals surface area contributed by atoms with Crippen molar-refractivity contribution in [1.29, 1.82) is 0 Å². The Morgan fingerprint density at radius 1 is 1.50 bits per heavy atom. The van der Waals surface area contributed by atoms with Gasteiger partial charge in [-0.3, -0.25) is 4.90 Å². The summed E-state index contributed by atoms with van der Waals surface area (Å²) in [6.45, 7) is 6.30. The first-order valence-corrected chi connectivity index (χ1v) is 7.62. The van der Waals surface area contributed by atoms with Crippen molar-refractivity contribution in [3.05, 3.63) is 33.3 Å². The second-order valence-electron chi connectivity index (χ2n) is 5.23. The van der Waals surface area contributed by atoms with E-state index < -0.39 is 0 Å². The fourth-order valence-electron chi connectivity index (χ4n) is 2.88. The average molecular weight is 332 g/mol. The standard InChI is InChI=1S/C14H20BrClN2/c1-9(2)18-6-5-10(8-17)14(18)12-4-3-11(15)7-13(12)16/h3-4,7,9-10,14H,5-6,8,17H2,1-2H3. The second kappa shape index (κ2) is 5.91. The molecule has 0 saturated carbocycles. The van der Waals surface area contributed by atoms with E-state index in [-0.39, 0.29) is 0 Å². The van der Waals surface area contributed by atoms with Gasteiger partial charge in [0.2, 0.25) is 0 Å². The molecular formula is C14H20BrClN2. The smallest absolute Gasteiger partial charge is 0.0465 e. The van der Waals surface area contributed by atoms with Crippen LogP contribution in [0.5, 0.6) is 0 Å². The van der Waals surface area contributed by atoms with E-state index in [2.05, 4.69) is 46.8 Å². The normalized spacial score (nSPS) is 25.0. The lowest BCUT2D eigenvalue weighted by molar-refractivity contribution is 0.185. The molecule has 0 radical (unpaired) electrons. The van der Waals surface area contributed by atoms with Gasteiger partial charge in [0.05, 0.1) is 0 Å². The number of halogens is 2. The Bertz CT molecular complexity index is 422. The first kappa shape index (κ1) is 14.3. The molecular weight excluding hydrogens is 312 g/mol. The Kier molecular flexibility index (Phi) is 4.70. The van der Waals surface area contributed by atoms with Crippen LogP contribution in [0, 0.1) is 5.92 Å². The van der Waals surface area contributed by atoms with Crippen LogP contribution < -0.4 is 5.73 Å². The van der Waals surface area contributed by atoms with Crippen LogP contribution in [-0.2, 0) is 0 Å². The number of likely N-dealkylation sites (tertiary alicyclic amines) is 1. The molecule has 1 aliphatic heterocycles. The zero-order chi connectivity index (χ0) is 13.3. The van der Waals surface area contributed by atoms with E-state index >= 15 is 0 Å². The summed E-state index contributed by atoms with van der Waals surface area (Å²) >= 11 is 9.86. The van der Waals surface area contributed by atoms with Gasteiger partial charge < -0.3 is 5.73 Å². The summed E-state index contributed by atoms with van der Waals surface area (Å²) in [7, 11) is 0. The third kappa shape index (κ3) is 2.74. The highest BCUT2D eigenvalue weighted by molar-refractivity contribution is 9.10. The van der Waals surface area contributed by atoms with Crippen LogP contribution in [0.15, 0.2) is 22.7 Å². The topological polar surface area (TPSA) is 29.3 Å². The number of hydrogen-bond donors (Lipinski definition) is 1. The van der Waals surface area contributed by atoms with Crippen molar-refractivity contribution in [3.8, 4) is 0 Å². The summed E-state index contributed by atoms with van der Waals surface area (Å²) in [5.41, 5.74) is 7.13. The van der Waals surface area contributed by atoms with E-state index in [0.717, 1.165) is 29.0 Å². The molecule has 1 aromatic rings. The third-order valence-electron chi connectivity index (χ3n) is 3.81. The van der Waals surface area contributed by atoms with E-state index in [1.54, 1.807) is 0 Å². The Morgan fingerprint density at radius 2 is 2.22 bits per heavy atom. The van der Waals surface area contributed by atoms with Gasteiger partial charge in [0, 0.05) is 21.6 Å². The molecule has 1 heterocycles. The molecule has 1 fully saturated rings. The second-order valence-corrected chi connectivity index (χ2v) is 6.55. The van der Waals surface area contributed by atoms with Crippen molar-refractivity contribution >= 4 is 27.5 Å². The first-order chi connectivity index (χ1) is 8.54. The molecule has 0 spiro atoms. The van der Waals surface area contributed by atoms with E-state index in [9.17, 15) is 0 Å². The Morgan fingerprint density at radius 3 is 2.78 bits per heavy atom. The molecule has 2 atom stereocenters. The maximum Gasteiger partial charge on any atom is 0.0465 e. The van der Waals surface area contributed by atoms with Gasteiger partial charge in [0.25, 0.3) is 0 Å². The fraction of sp³-hybridized carbons (Fsp3) is 0.571. The first-order valence-electron chi connectivity index (χ1n) is 6.45. The van der Waals surface area contributed by atoms with Crippen molar-refractivity contribution in [2.45, 2.75) is 32.4 Å². The quantitative estimate of drug-likeness (QED) is 0.912. The van der Waals surface area contributed by atoms with E-state index in [0.29, 0.717) is 18.0 Å². The number of hydrogen-bond acceptors (Lipinski definition) is 2. The van der Waals surface area contributed by atoms with Crippen LogP contribution >= 0.6 is 27.5 Å². The van der Waals surface area contributed by atoms with Gasteiger partial charge in [0.1, 0.15) is 0 Å². The van der Waals surface area contributed by atoms with Gasteiger partial charge in [0.15, 0.2) is 0 Å². The maximum atomic E-state index is 6.40. The van der Waals surface area contributed by atoms with Gasteiger partial charge in [-0.25, -0.2) is 0 Å². The summed E-state index contributed by atoms with van der Waals surface area (Å²) in [5, 5.41) is 0.834. The zero-order valence-electron chi connectivity index (χ0n) is 10.9. The van der Waals surface area contributed by atoms with Gasteiger partial charge >= 0.3 is 0 Å². The van der Waals surface area contributed by atoms with Crippen molar-refractivity contribution in [1.82, 2.24) is 4.90 Å². The lowest BCUT2D eigenvalue weighted by atomic mass is 9.93. The number of rotatable bonds is 3. The predicted molar refractivity (Wildman–Crippen MR) is 80.9 cm³/mol. The van der Waals surface area contributed by atoms with Gasteiger partial charge in [-0.05, 0) is 57.0 Å². The molecule has 0 amide bonds. The van der Waals surface area contributed by atoms with Crippen LogP contribution in [0.2, 0.25) is 5.02 Å². The van der Waals surface area contributed by atoms with Crippen LogP contribution in [0.4, 0.5) is 0 Å². The molecule has 1 aliphatic rings. The van der Waals surface area contributed by atoms with E-state index in [4.69, 9.17) is 17.3 Å². The summed E-state index contributed by atoms with van der Waals surface area (Å²) in [6.07, 6.45) is 1.16. The van der Waals surface area contributed by atoms with Crippen molar-refractivity contribution in [2.24, 2.45) is 11.7 Å². The molecule has 0 aliphatic carbocycles. The molecule has 4 heteroatoms. The SMILES string of the molecule is CC(C)N1CCC(CN)C1c1ccc(Br)cc1Cl. The highest BCUT2D eigenvalue weighted by atomic mass is 79.9. The minimum atomic E-state index is 0.357. The van der Waals surface area contributed by atoms with Gasteiger partial charge in [-0.15, -0.1) is 0 Å². The molecule has 1 aromatic carbocycles. The molecule has 18 heavy (non-hydrogen) atoms. The predicted octanol–water partition coefficient (Wildman–Crippen LogP) is 3.83. The highest BCUT2D eigenvalue weighted by Gasteiger charge is 2.36. The average Bonchev–Trinajstić information content (AvgIpc) is 2.72. The van der Waals surface area contributed by atoms with Crippen molar-refractivity contribution in [2.75, 3.05) is 13.1 Å². The van der Waals surface area contributed by atoms with Crippen LogP contribution in [0.1, 0.15) is 31.9 Å². The molecule has 0 aromatic heterocycles. The van der Waals surface area contributed by atoms with Gasteiger partial charge in [-0.1, -0.05) is 33.6 Å². The Balaban J connectivity index is 2.37. The lowest BCUT2D eigenvalue weighted by Crippen LogP contribution is -2.33. The lowest BCUT2D eigenvalue weighted by Gasteiger charge is -2.32. The van der Waals surface area contributed by atoms with Crippen LogP contribution in [-0.4, -0.2) is 24.0 Å². The van der Waals surface area contributed by atoms with Crippen molar-refractivity contribution < 1.29 is 0 Å². The molecule has 2 rings (SSSR count). The molecule has 1 saturated heterocycles. The van der Waals surface area contributed by atoms with E-state index in [1.807, 2.05) is 6.07 Å². The largest absolute Gasteiger partial charge is 0.330 e. The zero-order valence-corrected chi connectivity index (χ0v) is 13.2. The number of nitrogens with zero attached hydrogens (tertiary/aromatic N) is 1. The monoisotopic (exact) mass is 330 g/mol. The summed E-state index contributed by atoms with van der Waals surface area (Å²) in [5.74, 6) is 0.506. The molecule has 2 N–H and O–H groups in total. The summed E-state index contributed by atoms with van der Waals surface area (Å²) in [4.78, 5) is 2.51. The molecule has 2 unspecified atom stereocenters. The Labute approximate surface area is 123 Å². The molecule has 0 bridgehead atoms. The van der Waals surface area contributed by atoms with Crippen molar-refractivity contribution in [3.63, 3.8) is 0 Å². The van der Waals surface area contributed by atoms with Crippen LogP contribution in [0.25, 0.3) is 0 Å². The molecule has 100 valence electrons. The van der Waals surface area contributed by atoms with Gasteiger partial charge in [-0.2, -0.15) is 0 Å². The summed E-state index contributed by atoms with van der Waals surface area (Å²) < 4.78 is 1.02. The number of benzene rings is 1. The van der Waals surface area contributed by atoms with E-state index in [1.165, 1.54) is 5.56 Å². The summed E-state index contributed by atoms with van der Waals surface area (Å²) in [6, 6.07) is 7.04. The fourth-order valence-corrected chi connectivity index (χ4v) is 3.67. The Hall–Kier alpha value is -0.0900. The minimum absolute atomic E-state index is 0.357. The third-order valence-corrected chi connectivity index (χ3v) is 4.63. The maximum absolute atomic E-state index is 6.40. The minimum Gasteiger partial charge on any atom is -0.330 e. The van der Waals surface area contributed by atoms with Crippen LogP contribution in [0.3, 0.4) is 0 Å². The number of nitrogens with two attached hydrogens (primary N) is 1.